The number of aryl methyl sites for hydroxylation is 1. The van der Waals surface area contributed by atoms with Crippen LogP contribution < -0.4 is 4.74 Å². The third-order valence-corrected chi connectivity index (χ3v) is 2.55. The highest BCUT2D eigenvalue weighted by Gasteiger charge is 2.17. The van der Waals surface area contributed by atoms with Gasteiger partial charge in [0.25, 0.3) is 0 Å². The number of nitrogens with zero attached hydrogens (tertiary/aromatic N) is 2. The number of aliphatic hydroxyl groups excluding tert-OH is 1. The Hall–Kier alpha value is -2.01. The van der Waals surface area contributed by atoms with Gasteiger partial charge >= 0.3 is 0 Å². The van der Waals surface area contributed by atoms with E-state index >= 15 is 0 Å². The largest absolute Gasteiger partial charge is 0.497 e. The Kier molecular flexibility index (Phi) is 3.53. The van der Waals surface area contributed by atoms with Gasteiger partial charge in [-0.25, -0.2) is 14.4 Å². The van der Waals surface area contributed by atoms with Gasteiger partial charge in [0.1, 0.15) is 17.7 Å². The third kappa shape index (κ3) is 2.46. The molecule has 1 aromatic carbocycles. The Labute approximate surface area is 104 Å². The lowest BCUT2D eigenvalue weighted by Gasteiger charge is -2.11. The van der Waals surface area contributed by atoms with E-state index in [0.717, 1.165) is 5.56 Å². The first kappa shape index (κ1) is 12.4. The van der Waals surface area contributed by atoms with Gasteiger partial charge in [-0.3, -0.25) is 0 Å². The van der Waals surface area contributed by atoms with Crippen molar-refractivity contribution in [2.24, 2.45) is 0 Å². The maximum absolute atomic E-state index is 13.8. The summed E-state index contributed by atoms with van der Waals surface area (Å²) in [6.45, 7) is 1.84. The van der Waals surface area contributed by atoms with Gasteiger partial charge < -0.3 is 9.84 Å². The summed E-state index contributed by atoms with van der Waals surface area (Å²) in [6.07, 6.45) is 1.97. The summed E-state index contributed by atoms with van der Waals surface area (Å²) < 4.78 is 18.7. The van der Waals surface area contributed by atoms with E-state index in [2.05, 4.69) is 9.97 Å². The molecule has 0 aliphatic rings. The standard InChI is InChI=1S/C13H13FN2O2/c1-8-6-15-13(16-7-8)12(17)10-4-3-9(18-2)5-11(10)14/h3-7,12,17H,1-2H3. The summed E-state index contributed by atoms with van der Waals surface area (Å²) >= 11 is 0. The molecule has 94 valence electrons. The number of hydrogen-bond donors (Lipinski definition) is 1. The molecule has 1 aromatic heterocycles. The fourth-order valence-electron chi connectivity index (χ4n) is 1.54. The number of hydrogen-bond acceptors (Lipinski definition) is 4. The second kappa shape index (κ2) is 5.10. The minimum Gasteiger partial charge on any atom is -0.497 e. The van der Waals surface area contributed by atoms with Crippen molar-refractivity contribution >= 4 is 0 Å². The molecule has 4 nitrogen and oxygen atoms in total. The summed E-state index contributed by atoms with van der Waals surface area (Å²) in [5.41, 5.74) is 1.00. The van der Waals surface area contributed by atoms with E-state index in [0.29, 0.717) is 5.75 Å². The van der Waals surface area contributed by atoms with Crippen molar-refractivity contribution in [3.05, 3.63) is 53.4 Å². The molecule has 1 heterocycles. The molecule has 0 saturated heterocycles. The number of methoxy groups -OCH3 is 1. The van der Waals surface area contributed by atoms with E-state index < -0.39 is 11.9 Å². The molecule has 2 aromatic rings. The van der Waals surface area contributed by atoms with Crippen LogP contribution in [0, 0.1) is 12.7 Å². The average Bonchev–Trinajstić information content (AvgIpc) is 2.38. The normalized spacial score (nSPS) is 12.2. The molecule has 18 heavy (non-hydrogen) atoms. The molecule has 1 atom stereocenters. The lowest BCUT2D eigenvalue weighted by atomic mass is 10.1. The Morgan fingerprint density at radius 3 is 2.50 bits per heavy atom. The minimum absolute atomic E-state index is 0.125. The van der Waals surface area contributed by atoms with Gasteiger partial charge in [0.15, 0.2) is 5.82 Å². The Morgan fingerprint density at radius 2 is 1.94 bits per heavy atom. The summed E-state index contributed by atoms with van der Waals surface area (Å²) in [6, 6.07) is 4.25. The second-order valence-corrected chi connectivity index (χ2v) is 3.91. The molecule has 0 aliphatic heterocycles. The monoisotopic (exact) mass is 248 g/mol. The number of aliphatic hydroxyl groups is 1. The topological polar surface area (TPSA) is 55.2 Å². The molecule has 0 radical (unpaired) electrons. The van der Waals surface area contributed by atoms with Crippen molar-refractivity contribution in [1.29, 1.82) is 0 Å². The van der Waals surface area contributed by atoms with Crippen LogP contribution in [0.25, 0.3) is 0 Å². The first-order chi connectivity index (χ1) is 8.61. The number of halogens is 1. The molecule has 1 N–H and O–H groups in total. The van der Waals surface area contributed by atoms with Gasteiger partial charge in [-0.05, 0) is 24.6 Å². The van der Waals surface area contributed by atoms with E-state index in [-0.39, 0.29) is 11.4 Å². The molecule has 0 fully saturated rings. The Bertz CT molecular complexity index is 543. The van der Waals surface area contributed by atoms with Crippen molar-refractivity contribution in [3.63, 3.8) is 0 Å². The van der Waals surface area contributed by atoms with Crippen LogP contribution in [-0.4, -0.2) is 22.2 Å². The number of benzene rings is 1. The van der Waals surface area contributed by atoms with Gasteiger partial charge in [0.05, 0.1) is 7.11 Å². The van der Waals surface area contributed by atoms with Gasteiger partial charge in [-0.15, -0.1) is 0 Å². The van der Waals surface area contributed by atoms with Crippen LogP contribution in [0.1, 0.15) is 23.1 Å². The summed E-state index contributed by atoms with van der Waals surface area (Å²) in [7, 11) is 1.45. The molecule has 0 saturated carbocycles. The van der Waals surface area contributed by atoms with Crippen molar-refractivity contribution in [2.75, 3.05) is 7.11 Å². The predicted molar refractivity (Wildman–Crippen MR) is 63.8 cm³/mol. The second-order valence-electron chi connectivity index (χ2n) is 3.91. The van der Waals surface area contributed by atoms with Crippen LogP contribution in [0.2, 0.25) is 0 Å². The SMILES string of the molecule is COc1ccc(C(O)c2ncc(C)cn2)c(F)c1. The molecule has 0 amide bonds. The zero-order valence-corrected chi connectivity index (χ0v) is 10.1. The summed E-state index contributed by atoms with van der Waals surface area (Å²) in [4.78, 5) is 7.96. The molecule has 2 rings (SSSR count). The number of aromatic nitrogens is 2. The third-order valence-electron chi connectivity index (χ3n) is 2.55. The highest BCUT2D eigenvalue weighted by molar-refractivity contribution is 5.32. The van der Waals surface area contributed by atoms with Crippen LogP contribution >= 0.6 is 0 Å². The van der Waals surface area contributed by atoms with Crippen molar-refractivity contribution in [2.45, 2.75) is 13.0 Å². The fraction of sp³-hybridized carbons (Fsp3) is 0.231. The van der Waals surface area contributed by atoms with Gasteiger partial charge in [-0.2, -0.15) is 0 Å². The average molecular weight is 248 g/mol. The Balaban J connectivity index is 2.33. The van der Waals surface area contributed by atoms with E-state index in [1.165, 1.54) is 19.2 Å². The van der Waals surface area contributed by atoms with Crippen LogP contribution in [0.4, 0.5) is 4.39 Å². The van der Waals surface area contributed by atoms with Crippen molar-refractivity contribution < 1.29 is 14.2 Å². The summed E-state index contributed by atoms with van der Waals surface area (Å²) in [5, 5.41) is 10.0. The quantitative estimate of drug-likeness (QED) is 0.902. The highest BCUT2D eigenvalue weighted by atomic mass is 19.1. The fourth-order valence-corrected chi connectivity index (χ4v) is 1.54. The Morgan fingerprint density at radius 1 is 1.28 bits per heavy atom. The minimum atomic E-state index is -1.18. The number of ether oxygens (including phenoxy) is 1. The first-order valence-electron chi connectivity index (χ1n) is 5.42. The van der Waals surface area contributed by atoms with Gasteiger partial charge in [-0.1, -0.05) is 0 Å². The number of rotatable bonds is 3. The molecular weight excluding hydrogens is 235 g/mol. The summed E-state index contributed by atoms with van der Waals surface area (Å²) in [5.74, 6) is 0.0176. The lowest BCUT2D eigenvalue weighted by Crippen LogP contribution is -2.07. The maximum atomic E-state index is 13.8. The van der Waals surface area contributed by atoms with Crippen LogP contribution in [0.3, 0.4) is 0 Å². The van der Waals surface area contributed by atoms with Crippen molar-refractivity contribution in [3.8, 4) is 5.75 Å². The maximum Gasteiger partial charge on any atom is 0.161 e. The van der Waals surface area contributed by atoms with Gasteiger partial charge in [0.2, 0.25) is 0 Å². The zero-order chi connectivity index (χ0) is 13.1. The predicted octanol–water partition coefficient (Wildman–Crippen LogP) is 2.01. The highest BCUT2D eigenvalue weighted by Crippen LogP contribution is 2.24. The molecule has 0 spiro atoms. The molecule has 1 unspecified atom stereocenters. The van der Waals surface area contributed by atoms with E-state index in [1.807, 2.05) is 6.92 Å². The van der Waals surface area contributed by atoms with Crippen LogP contribution in [-0.2, 0) is 0 Å². The zero-order valence-electron chi connectivity index (χ0n) is 10.1. The van der Waals surface area contributed by atoms with Gasteiger partial charge in [0, 0.05) is 24.0 Å². The van der Waals surface area contributed by atoms with Crippen molar-refractivity contribution in [1.82, 2.24) is 9.97 Å². The molecule has 5 heteroatoms. The first-order valence-corrected chi connectivity index (χ1v) is 5.42. The lowest BCUT2D eigenvalue weighted by molar-refractivity contribution is 0.204. The molecule has 0 aliphatic carbocycles. The van der Waals surface area contributed by atoms with E-state index in [4.69, 9.17) is 4.74 Å². The van der Waals surface area contributed by atoms with Crippen LogP contribution in [0.5, 0.6) is 5.75 Å². The van der Waals surface area contributed by atoms with E-state index in [1.54, 1.807) is 18.5 Å². The van der Waals surface area contributed by atoms with Crippen LogP contribution in [0.15, 0.2) is 30.6 Å². The molecule has 0 bridgehead atoms. The van der Waals surface area contributed by atoms with E-state index in [9.17, 15) is 9.50 Å². The smallest absolute Gasteiger partial charge is 0.161 e. The molecular formula is C13H13FN2O2.